The maximum Gasteiger partial charge on any atom is 0.240 e. The lowest BCUT2D eigenvalue weighted by Gasteiger charge is -2.35. The lowest BCUT2D eigenvalue weighted by molar-refractivity contribution is -0.140. The normalized spacial score (nSPS) is 16.2. The van der Waals surface area contributed by atoms with Crippen LogP contribution in [0.5, 0.6) is 0 Å². The van der Waals surface area contributed by atoms with Crippen molar-refractivity contribution in [2.24, 2.45) is 5.73 Å². The first kappa shape index (κ1) is 16.9. The quantitative estimate of drug-likeness (QED) is 0.849. The van der Waals surface area contributed by atoms with Crippen LogP contribution in [0, 0.1) is 0 Å². The molecule has 1 aliphatic heterocycles. The Hall–Kier alpha value is -2.95. The molecule has 0 spiro atoms. The zero-order chi connectivity index (χ0) is 17.8. The molecule has 1 atom stereocenters. The molecule has 0 fully saturated rings. The Morgan fingerprint density at radius 3 is 2.24 bits per heavy atom. The Balaban J connectivity index is 1.70. The number of hydrogen-bond acceptors (Lipinski definition) is 3. The van der Waals surface area contributed by atoms with Crippen molar-refractivity contribution in [3.05, 3.63) is 71.3 Å². The Bertz CT molecular complexity index is 802. The molecule has 2 aromatic rings. The largest absolute Gasteiger partial charge is 0.368 e. The molecule has 1 aliphatic rings. The van der Waals surface area contributed by atoms with Gasteiger partial charge in [-0.05, 0) is 11.1 Å². The topological polar surface area (TPSA) is 80.5 Å². The lowest BCUT2D eigenvalue weighted by Crippen LogP contribution is -2.51. The third-order valence-corrected chi connectivity index (χ3v) is 4.56. The van der Waals surface area contributed by atoms with Crippen molar-refractivity contribution in [3.63, 3.8) is 0 Å². The number of Topliss-reactive ketones (excluding diaryl/α,β-unsaturated/α-hetero) is 1. The number of hydrogen-bond donors (Lipinski definition) is 1. The lowest BCUT2D eigenvalue weighted by atomic mass is 9.93. The van der Waals surface area contributed by atoms with Crippen LogP contribution in [0.3, 0.4) is 0 Å². The van der Waals surface area contributed by atoms with E-state index in [1.807, 2.05) is 30.3 Å². The number of benzene rings is 2. The van der Waals surface area contributed by atoms with Gasteiger partial charge in [-0.25, -0.2) is 0 Å². The number of ketones is 1. The zero-order valence-corrected chi connectivity index (χ0v) is 13.9. The van der Waals surface area contributed by atoms with Crippen LogP contribution in [-0.4, -0.2) is 28.5 Å². The number of fused-ring (bicyclic) bond motifs is 1. The molecule has 0 aromatic heterocycles. The number of amides is 2. The van der Waals surface area contributed by atoms with E-state index in [1.54, 1.807) is 24.3 Å². The van der Waals surface area contributed by atoms with Gasteiger partial charge in [-0.1, -0.05) is 54.6 Å². The average Bonchev–Trinajstić information content (AvgIpc) is 2.65. The maximum absolute atomic E-state index is 12.6. The van der Waals surface area contributed by atoms with E-state index in [-0.39, 0.29) is 24.5 Å². The summed E-state index contributed by atoms with van der Waals surface area (Å²) in [4.78, 5) is 38.1. The van der Waals surface area contributed by atoms with Crippen molar-refractivity contribution in [3.8, 4) is 0 Å². The monoisotopic (exact) mass is 336 g/mol. The first-order chi connectivity index (χ1) is 12.1. The van der Waals surface area contributed by atoms with Crippen LogP contribution in [0.2, 0.25) is 0 Å². The molecule has 0 saturated carbocycles. The first-order valence-corrected chi connectivity index (χ1v) is 8.30. The number of nitrogens with two attached hydrogens (primary N) is 1. The molecule has 3 rings (SSSR count). The average molecular weight is 336 g/mol. The van der Waals surface area contributed by atoms with E-state index in [1.165, 1.54) is 4.90 Å². The second kappa shape index (κ2) is 7.30. The second-order valence-corrected chi connectivity index (χ2v) is 6.20. The predicted octanol–water partition coefficient (Wildman–Crippen LogP) is 2.09. The molecule has 5 heteroatoms. The van der Waals surface area contributed by atoms with Crippen LogP contribution in [0.4, 0.5) is 0 Å². The van der Waals surface area contributed by atoms with Crippen LogP contribution in [-0.2, 0) is 22.6 Å². The summed E-state index contributed by atoms with van der Waals surface area (Å²) in [6.07, 6.45) is 0.607. The summed E-state index contributed by atoms with van der Waals surface area (Å²) in [5.41, 5.74) is 8.14. The minimum Gasteiger partial charge on any atom is -0.368 e. The van der Waals surface area contributed by atoms with Crippen LogP contribution in [0.1, 0.15) is 34.3 Å². The molecular weight excluding hydrogens is 316 g/mol. The first-order valence-electron chi connectivity index (χ1n) is 8.30. The smallest absolute Gasteiger partial charge is 0.240 e. The molecule has 5 nitrogen and oxygen atoms in total. The number of rotatable bonds is 5. The van der Waals surface area contributed by atoms with E-state index < -0.39 is 11.9 Å². The minimum absolute atomic E-state index is 0.0691. The summed E-state index contributed by atoms with van der Waals surface area (Å²) >= 11 is 0. The van der Waals surface area contributed by atoms with Gasteiger partial charge in [0.25, 0.3) is 0 Å². The van der Waals surface area contributed by atoms with E-state index in [0.717, 1.165) is 11.1 Å². The van der Waals surface area contributed by atoms with Crippen LogP contribution in [0.25, 0.3) is 0 Å². The van der Waals surface area contributed by atoms with Gasteiger partial charge in [0.15, 0.2) is 5.78 Å². The highest BCUT2D eigenvalue weighted by molar-refractivity contribution is 5.98. The third kappa shape index (κ3) is 3.76. The van der Waals surface area contributed by atoms with Gasteiger partial charge >= 0.3 is 0 Å². The highest BCUT2D eigenvalue weighted by Crippen LogP contribution is 2.24. The van der Waals surface area contributed by atoms with Gasteiger partial charge in [0, 0.05) is 31.4 Å². The number of carbonyl (C=O) groups is 3. The van der Waals surface area contributed by atoms with Crippen molar-refractivity contribution in [2.45, 2.75) is 31.8 Å². The molecular formula is C20H20N2O3. The number of primary amides is 1. The summed E-state index contributed by atoms with van der Waals surface area (Å²) in [5.74, 6) is -0.818. The Morgan fingerprint density at radius 2 is 1.56 bits per heavy atom. The minimum atomic E-state index is -0.658. The molecule has 128 valence electrons. The van der Waals surface area contributed by atoms with E-state index >= 15 is 0 Å². The molecule has 0 saturated heterocycles. The Kier molecular flexibility index (Phi) is 4.93. The van der Waals surface area contributed by atoms with Gasteiger partial charge in [0.2, 0.25) is 11.8 Å². The maximum atomic E-state index is 12.6. The molecule has 2 N–H and O–H groups in total. The molecule has 2 amide bonds. The molecule has 1 heterocycles. The van der Waals surface area contributed by atoms with Gasteiger partial charge in [0.05, 0.1) is 0 Å². The van der Waals surface area contributed by atoms with Crippen molar-refractivity contribution in [1.82, 2.24) is 4.90 Å². The van der Waals surface area contributed by atoms with E-state index in [9.17, 15) is 14.4 Å². The Labute approximate surface area is 146 Å². The fraction of sp³-hybridized carbons (Fsp3) is 0.250. The highest BCUT2D eigenvalue weighted by atomic mass is 16.2. The Morgan fingerprint density at radius 1 is 0.920 bits per heavy atom. The van der Waals surface area contributed by atoms with E-state index in [4.69, 9.17) is 5.73 Å². The SMILES string of the molecule is NC(=O)C1Cc2ccccc2CN1C(=O)CCC(=O)c1ccccc1. The molecule has 0 aliphatic carbocycles. The van der Waals surface area contributed by atoms with Crippen molar-refractivity contribution in [2.75, 3.05) is 0 Å². The standard InChI is InChI=1S/C20H20N2O3/c21-20(25)17-12-15-8-4-5-9-16(15)13-22(17)19(24)11-10-18(23)14-6-2-1-3-7-14/h1-9,17H,10-13H2,(H2,21,25). The van der Waals surface area contributed by atoms with Gasteiger partial charge in [-0.15, -0.1) is 0 Å². The van der Waals surface area contributed by atoms with Gasteiger partial charge in [-0.2, -0.15) is 0 Å². The summed E-state index contributed by atoms with van der Waals surface area (Å²) in [7, 11) is 0. The third-order valence-electron chi connectivity index (χ3n) is 4.56. The van der Waals surface area contributed by atoms with Crippen molar-refractivity contribution in [1.29, 1.82) is 0 Å². The fourth-order valence-electron chi connectivity index (χ4n) is 3.17. The molecule has 2 aromatic carbocycles. The molecule has 0 radical (unpaired) electrons. The van der Waals surface area contributed by atoms with Crippen LogP contribution >= 0.6 is 0 Å². The van der Waals surface area contributed by atoms with Gasteiger partial charge in [-0.3, -0.25) is 14.4 Å². The molecule has 25 heavy (non-hydrogen) atoms. The fourth-order valence-corrected chi connectivity index (χ4v) is 3.17. The number of nitrogens with zero attached hydrogens (tertiary/aromatic N) is 1. The van der Waals surface area contributed by atoms with Gasteiger partial charge in [0.1, 0.15) is 6.04 Å². The number of carbonyl (C=O) groups excluding carboxylic acids is 3. The second-order valence-electron chi connectivity index (χ2n) is 6.20. The summed E-state index contributed by atoms with van der Waals surface area (Å²) < 4.78 is 0. The molecule has 1 unspecified atom stereocenters. The van der Waals surface area contributed by atoms with Crippen LogP contribution < -0.4 is 5.73 Å². The summed E-state index contributed by atoms with van der Waals surface area (Å²) in [5, 5.41) is 0. The summed E-state index contributed by atoms with van der Waals surface area (Å²) in [6.45, 7) is 0.349. The molecule has 0 bridgehead atoms. The highest BCUT2D eigenvalue weighted by Gasteiger charge is 2.33. The van der Waals surface area contributed by atoms with Crippen molar-refractivity contribution < 1.29 is 14.4 Å². The summed E-state index contributed by atoms with van der Waals surface area (Å²) in [6, 6.07) is 15.9. The van der Waals surface area contributed by atoms with E-state index in [0.29, 0.717) is 18.5 Å². The van der Waals surface area contributed by atoms with Crippen molar-refractivity contribution >= 4 is 17.6 Å². The zero-order valence-electron chi connectivity index (χ0n) is 13.9. The van der Waals surface area contributed by atoms with Crippen LogP contribution in [0.15, 0.2) is 54.6 Å². The van der Waals surface area contributed by atoms with E-state index in [2.05, 4.69) is 0 Å². The van der Waals surface area contributed by atoms with Gasteiger partial charge < -0.3 is 10.6 Å². The predicted molar refractivity (Wildman–Crippen MR) is 93.7 cm³/mol.